The first kappa shape index (κ1) is 18.5. The molecule has 0 bridgehead atoms. The molecule has 0 heterocycles. The Balaban J connectivity index is 2.05. The summed E-state index contributed by atoms with van der Waals surface area (Å²) in [4.78, 5) is 27.3. The molecule has 24 heavy (non-hydrogen) atoms. The van der Waals surface area contributed by atoms with Gasteiger partial charge in [-0.1, -0.05) is 57.7 Å². The number of likely N-dealkylation sites (N-methyl/N-ethyl adjacent to an activating group) is 1. The second-order valence-electron chi connectivity index (χ2n) is 7.16. The summed E-state index contributed by atoms with van der Waals surface area (Å²) in [6.07, 6.45) is 7.03. The van der Waals surface area contributed by atoms with Gasteiger partial charge in [-0.3, -0.25) is 9.59 Å². The highest BCUT2D eigenvalue weighted by Crippen LogP contribution is 2.22. The topological polar surface area (TPSA) is 49.4 Å². The van der Waals surface area contributed by atoms with Crippen LogP contribution in [0.15, 0.2) is 30.3 Å². The minimum atomic E-state index is -0.481. The summed E-state index contributed by atoms with van der Waals surface area (Å²) in [5.41, 5.74) is 0.591. The third-order valence-electron chi connectivity index (χ3n) is 4.98. The Morgan fingerprint density at radius 3 is 2.17 bits per heavy atom. The van der Waals surface area contributed by atoms with E-state index in [4.69, 9.17) is 0 Å². The van der Waals surface area contributed by atoms with Gasteiger partial charge >= 0.3 is 0 Å². The number of carbonyl (C=O) groups excluding carboxylic acids is 2. The van der Waals surface area contributed by atoms with Gasteiger partial charge in [0.05, 0.1) is 0 Å². The molecule has 0 radical (unpaired) electrons. The Morgan fingerprint density at radius 1 is 1.04 bits per heavy atom. The van der Waals surface area contributed by atoms with Gasteiger partial charge in [0.2, 0.25) is 5.91 Å². The summed E-state index contributed by atoms with van der Waals surface area (Å²) in [5, 5.41) is 2.94. The molecule has 1 atom stereocenters. The quantitative estimate of drug-likeness (QED) is 0.838. The minimum absolute atomic E-state index is 0.0289. The molecule has 1 aliphatic rings. The SMILES string of the molecule is CC(C)[C@H](NC(=O)c1ccccc1)C(=O)N(C)C1CCCCCC1. The highest BCUT2D eigenvalue weighted by Gasteiger charge is 2.30. The van der Waals surface area contributed by atoms with Crippen LogP contribution in [0.2, 0.25) is 0 Å². The molecule has 4 nitrogen and oxygen atoms in total. The van der Waals surface area contributed by atoms with Crippen molar-refractivity contribution in [3.63, 3.8) is 0 Å². The zero-order valence-corrected chi connectivity index (χ0v) is 15.1. The van der Waals surface area contributed by atoms with Crippen molar-refractivity contribution in [3.8, 4) is 0 Å². The van der Waals surface area contributed by atoms with E-state index in [0.29, 0.717) is 11.6 Å². The largest absolute Gasteiger partial charge is 0.341 e. The summed E-state index contributed by atoms with van der Waals surface area (Å²) in [7, 11) is 1.89. The summed E-state index contributed by atoms with van der Waals surface area (Å²) in [6.45, 7) is 3.96. The lowest BCUT2D eigenvalue weighted by Gasteiger charge is -2.32. The first-order chi connectivity index (χ1) is 11.5. The third kappa shape index (κ3) is 4.83. The van der Waals surface area contributed by atoms with E-state index in [1.807, 2.05) is 44.0 Å². The first-order valence-corrected chi connectivity index (χ1v) is 9.13. The maximum Gasteiger partial charge on any atom is 0.251 e. The zero-order valence-electron chi connectivity index (χ0n) is 15.1. The van der Waals surface area contributed by atoms with Crippen LogP contribution in [0.5, 0.6) is 0 Å². The number of amides is 2. The van der Waals surface area contributed by atoms with Crippen LogP contribution in [0.25, 0.3) is 0 Å². The van der Waals surface area contributed by atoms with Crippen molar-refractivity contribution < 1.29 is 9.59 Å². The van der Waals surface area contributed by atoms with Crippen LogP contribution in [0, 0.1) is 5.92 Å². The van der Waals surface area contributed by atoms with Gasteiger partial charge in [0.15, 0.2) is 0 Å². The monoisotopic (exact) mass is 330 g/mol. The number of rotatable bonds is 5. The predicted molar refractivity (Wildman–Crippen MR) is 96.8 cm³/mol. The second kappa shape index (κ2) is 8.86. The predicted octanol–water partition coefficient (Wildman–Crippen LogP) is 3.62. The number of nitrogens with zero attached hydrogens (tertiary/aromatic N) is 1. The lowest BCUT2D eigenvalue weighted by molar-refractivity contribution is -0.135. The highest BCUT2D eigenvalue weighted by molar-refractivity contribution is 5.97. The number of carbonyl (C=O) groups is 2. The van der Waals surface area contributed by atoms with E-state index in [0.717, 1.165) is 12.8 Å². The number of hydrogen-bond acceptors (Lipinski definition) is 2. The van der Waals surface area contributed by atoms with E-state index in [9.17, 15) is 9.59 Å². The standard InChI is InChI=1S/C20H30N2O2/c1-15(2)18(21-19(23)16-11-7-6-8-12-16)20(24)22(3)17-13-9-4-5-10-14-17/h6-8,11-12,15,17-18H,4-5,9-10,13-14H2,1-3H3,(H,21,23)/t18-/m0/s1. The van der Waals surface area contributed by atoms with Gasteiger partial charge in [-0.05, 0) is 30.9 Å². The summed E-state index contributed by atoms with van der Waals surface area (Å²) >= 11 is 0. The van der Waals surface area contributed by atoms with Crippen LogP contribution in [-0.2, 0) is 4.79 Å². The fourth-order valence-corrected chi connectivity index (χ4v) is 3.37. The Labute approximate surface area is 145 Å². The molecule has 0 spiro atoms. The van der Waals surface area contributed by atoms with Crippen molar-refractivity contribution in [1.82, 2.24) is 10.2 Å². The first-order valence-electron chi connectivity index (χ1n) is 9.13. The van der Waals surface area contributed by atoms with Gasteiger partial charge in [0.25, 0.3) is 5.91 Å². The summed E-state index contributed by atoms with van der Waals surface area (Å²) in [6, 6.07) is 8.90. The smallest absolute Gasteiger partial charge is 0.251 e. The molecule has 0 saturated heterocycles. The minimum Gasteiger partial charge on any atom is -0.341 e. The lowest BCUT2D eigenvalue weighted by atomic mass is 10.00. The molecule has 132 valence electrons. The van der Waals surface area contributed by atoms with E-state index in [2.05, 4.69) is 5.32 Å². The Kier molecular flexibility index (Phi) is 6.83. The van der Waals surface area contributed by atoms with E-state index < -0.39 is 6.04 Å². The fraction of sp³-hybridized carbons (Fsp3) is 0.600. The van der Waals surface area contributed by atoms with Crippen molar-refractivity contribution in [3.05, 3.63) is 35.9 Å². The van der Waals surface area contributed by atoms with Crippen LogP contribution in [0.3, 0.4) is 0 Å². The van der Waals surface area contributed by atoms with Crippen molar-refractivity contribution in [1.29, 1.82) is 0 Å². The van der Waals surface area contributed by atoms with Crippen LogP contribution < -0.4 is 5.32 Å². The maximum absolute atomic E-state index is 13.0. The van der Waals surface area contributed by atoms with Crippen LogP contribution in [-0.4, -0.2) is 35.8 Å². The molecule has 2 rings (SSSR count). The number of benzene rings is 1. The van der Waals surface area contributed by atoms with Gasteiger partial charge in [-0.15, -0.1) is 0 Å². The molecule has 1 aromatic carbocycles. The number of hydrogen-bond donors (Lipinski definition) is 1. The molecule has 1 aromatic rings. The fourth-order valence-electron chi connectivity index (χ4n) is 3.37. The van der Waals surface area contributed by atoms with Gasteiger partial charge in [-0.25, -0.2) is 0 Å². The van der Waals surface area contributed by atoms with Crippen LogP contribution >= 0.6 is 0 Å². The highest BCUT2D eigenvalue weighted by atomic mass is 16.2. The van der Waals surface area contributed by atoms with Gasteiger partial charge < -0.3 is 10.2 Å². The molecule has 1 aliphatic carbocycles. The molecule has 1 fully saturated rings. The van der Waals surface area contributed by atoms with Crippen molar-refractivity contribution >= 4 is 11.8 Å². The molecule has 2 amide bonds. The van der Waals surface area contributed by atoms with Crippen molar-refractivity contribution in [2.45, 2.75) is 64.5 Å². The van der Waals surface area contributed by atoms with E-state index in [1.165, 1.54) is 25.7 Å². The lowest BCUT2D eigenvalue weighted by Crippen LogP contribution is -2.52. The maximum atomic E-state index is 13.0. The molecular formula is C20H30N2O2. The van der Waals surface area contributed by atoms with E-state index in [1.54, 1.807) is 12.1 Å². The van der Waals surface area contributed by atoms with Crippen LogP contribution in [0.4, 0.5) is 0 Å². The zero-order chi connectivity index (χ0) is 17.5. The van der Waals surface area contributed by atoms with Gasteiger partial charge in [0, 0.05) is 18.7 Å². The van der Waals surface area contributed by atoms with E-state index in [-0.39, 0.29) is 17.7 Å². The van der Waals surface area contributed by atoms with Crippen molar-refractivity contribution in [2.75, 3.05) is 7.05 Å². The van der Waals surface area contributed by atoms with E-state index >= 15 is 0 Å². The molecule has 4 heteroatoms. The molecular weight excluding hydrogens is 300 g/mol. The Morgan fingerprint density at radius 2 is 1.62 bits per heavy atom. The molecule has 0 aliphatic heterocycles. The molecule has 1 N–H and O–H groups in total. The molecule has 0 aromatic heterocycles. The Bertz CT molecular complexity index is 534. The second-order valence-corrected chi connectivity index (χ2v) is 7.16. The molecule has 1 saturated carbocycles. The van der Waals surface area contributed by atoms with Gasteiger partial charge in [0.1, 0.15) is 6.04 Å². The molecule has 0 unspecified atom stereocenters. The summed E-state index contributed by atoms with van der Waals surface area (Å²) in [5.74, 6) is -0.100. The average molecular weight is 330 g/mol. The average Bonchev–Trinajstić information content (AvgIpc) is 2.88. The number of nitrogens with one attached hydrogen (secondary N) is 1. The van der Waals surface area contributed by atoms with Crippen LogP contribution in [0.1, 0.15) is 62.7 Å². The van der Waals surface area contributed by atoms with Crippen molar-refractivity contribution in [2.24, 2.45) is 5.92 Å². The van der Waals surface area contributed by atoms with Gasteiger partial charge in [-0.2, -0.15) is 0 Å². The summed E-state index contributed by atoms with van der Waals surface area (Å²) < 4.78 is 0. The third-order valence-corrected chi connectivity index (χ3v) is 4.98. The Hall–Kier alpha value is -1.84. The normalized spacial score (nSPS) is 17.2.